The van der Waals surface area contributed by atoms with Gasteiger partial charge in [0.25, 0.3) is 0 Å². The number of benzene rings is 1. The standard InChI is InChI=1S/C16H19ClN6.ClH/c1-2-12-15-13(21-20-12)7-9(8-14(15)22-23-16(18)19)10-5-3-4-6-11(10)17;/h3-6,9H,2,7-8H2,1H3,(H,20,21)(H4,18,19,23);1H/b22-14-;. The zero-order valence-corrected chi connectivity index (χ0v) is 14.8. The van der Waals surface area contributed by atoms with Crippen molar-refractivity contribution in [2.45, 2.75) is 32.1 Å². The molecule has 0 fully saturated rings. The lowest BCUT2D eigenvalue weighted by Gasteiger charge is -2.25. The molecule has 6 nitrogen and oxygen atoms in total. The Morgan fingerprint density at radius 3 is 2.88 bits per heavy atom. The van der Waals surface area contributed by atoms with Crippen molar-refractivity contribution in [1.82, 2.24) is 15.6 Å². The summed E-state index contributed by atoms with van der Waals surface area (Å²) in [4.78, 5) is 0. The second-order valence-corrected chi connectivity index (χ2v) is 6.00. The van der Waals surface area contributed by atoms with Gasteiger partial charge in [0.2, 0.25) is 5.96 Å². The van der Waals surface area contributed by atoms with E-state index in [-0.39, 0.29) is 24.3 Å². The van der Waals surface area contributed by atoms with E-state index in [0.717, 1.165) is 52.5 Å². The van der Waals surface area contributed by atoms with Crippen LogP contribution in [0.15, 0.2) is 29.4 Å². The van der Waals surface area contributed by atoms with E-state index in [1.54, 1.807) is 0 Å². The van der Waals surface area contributed by atoms with Crippen LogP contribution in [-0.4, -0.2) is 21.9 Å². The summed E-state index contributed by atoms with van der Waals surface area (Å²) in [5.41, 5.74) is 13.0. The predicted octanol–water partition coefficient (Wildman–Crippen LogP) is 2.96. The zero-order chi connectivity index (χ0) is 16.4. The number of halogens is 2. The van der Waals surface area contributed by atoms with Crippen molar-refractivity contribution in [3.63, 3.8) is 0 Å². The number of hydrazone groups is 1. The fourth-order valence-electron chi connectivity index (χ4n) is 3.07. The van der Waals surface area contributed by atoms with Crippen LogP contribution in [-0.2, 0) is 12.8 Å². The van der Waals surface area contributed by atoms with Crippen LogP contribution in [0.2, 0.25) is 5.02 Å². The third-order valence-electron chi connectivity index (χ3n) is 4.09. The molecule has 1 unspecified atom stereocenters. The van der Waals surface area contributed by atoms with E-state index in [1.165, 1.54) is 0 Å². The predicted molar refractivity (Wildman–Crippen MR) is 99.3 cm³/mol. The van der Waals surface area contributed by atoms with Gasteiger partial charge in [-0.15, -0.1) is 12.4 Å². The Morgan fingerprint density at radius 1 is 1.46 bits per heavy atom. The zero-order valence-electron chi connectivity index (χ0n) is 13.3. The molecule has 1 heterocycles. The van der Waals surface area contributed by atoms with Crippen LogP contribution in [0.5, 0.6) is 0 Å². The molecule has 1 aromatic carbocycles. The minimum Gasteiger partial charge on any atom is -0.369 e. The number of H-pyrrole nitrogens is 1. The minimum atomic E-state index is -0.180. The van der Waals surface area contributed by atoms with Crippen molar-refractivity contribution >= 4 is 35.7 Å². The number of guanidine groups is 1. The van der Waals surface area contributed by atoms with Crippen molar-refractivity contribution in [2.24, 2.45) is 10.8 Å². The van der Waals surface area contributed by atoms with Gasteiger partial charge in [-0.3, -0.25) is 10.5 Å². The first kappa shape index (κ1) is 18.3. The summed E-state index contributed by atoms with van der Waals surface area (Å²) in [6.07, 6.45) is 2.39. The Bertz CT molecular complexity index is 768. The van der Waals surface area contributed by atoms with E-state index < -0.39 is 0 Å². The maximum absolute atomic E-state index is 7.32. The number of rotatable bonds is 3. The van der Waals surface area contributed by atoms with Crippen LogP contribution in [0.3, 0.4) is 0 Å². The number of aromatic nitrogens is 2. The van der Waals surface area contributed by atoms with Crippen molar-refractivity contribution < 1.29 is 0 Å². The lowest BCUT2D eigenvalue weighted by Crippen LogP contribution is -2.29. The number of hydrogen-bond acceptors (Lipinski definition) is 3. The van der Waals surface area contributed by atoms with Crippen molar-refractivity contribution in [1.29, 1.82) is 5.41 Å². The summed E-state index contributed by atoms with van der Waals surface area (Å²) in [7, 11) is 0. The topological polar surface area (TPSA) is 103 Å². The van der Waals surface area contributed by atoms with Gasteiger partial charge in [-0.05, 0) is 36.8 Å². The van der Waals surface area contributed by atoms with Gasteiger partial charge in [0.05, 0.1) is 11.4 Å². The Balaban J connectivity index is 0.00000208. The average Bonchev–Trinajstić information content (AvgIpc) is 2.96. The highest BCUT2D eigenvalue weighted by Gasteiger charge is 2.30. The molecule has 1 aliphatic carbocycles. The summed E-state index contributed by atoms with van der Waals surface area (Å²) in [5, 5.41) is 19.9. The molecule has 5 N–H and O–H groups in total. The fourth-order valence-corrected chi connectivity index (χ4v) is 3.36. The molecule has 0 saturated carbocycles. The molecule has 24 heavy (non-hydrogen) atoms. The van der Waals surface area contributed by atoms with Gasteiger partial charge in [0.1, 0.15) is 0 Å². The largest absolute Gasteiger partial charge is 0.369 e. The van der Waals surface area contributed by atoms with Crippen LogP contribution in [0, 0.1) is 5.41 Å². The highest BCUT2D eigenvalue weighted by molar-refractivity contribution is 6.31. The molecule has 1 aromatic heterocycles. The fraction of sp³-hybridized carbons (Fsp3) is 0.312. The molecule has 2 aromatic rings. The summed E-state index contributed by atoms with van der Waals surface area (Å²) >= 11 is 6.36. The first-order chi connectivity index (χ1) is 11.1. The van der Waals surface area contributed by atoms with E-state index >= 15 is 0 Å². The molecule has 0 spiro atoms. The van der Waals surface area contributed by atoms with Crippen molar-refractivity contribution in [2.75, 3.05) is 0 Å². The second-order valence-electron chi connectivity index (χ2n) is 5.59. The number of nitrogens with zero attached hydrogens (tertiary/aromatic N) is 2. The van der Waals surface area contributed by atoms with Crippen LogP contribution < -0.4 is 11.2 Å². The Hall–Kier alpha value is -2.05. The molecule has 0 aliphatic heterocycles. The van der Waals surface area contributed by atoms with Gasteiger partial charge in [-0.1, -0.05) is 36.7 Å². The smallest absolute Gasteiger partial charge is 0.206 e. The number of aryl methyl sites for hydroxylation is 1. The molecule has 1 atom stereocenters. The van der Waals surface area contributed by atoms with Crippen LogP contribution in [0.25, 0.3) is 0 Å². The van der Waals surface area contributed by atoms with Crippen molar-refractivity contribution in [3.05, 3.63) is 51.8 Å². The normalized spacial score (nSPS) is 17.9. The second kappa shape index (κ2) is 7.68. The summed E-state index contributed by atoms with van der Waals surface area (Å²) in [5.74, 6) is 0.0364. The molecule has 0 saturated heterocycles. The molecule has 1 aliphatic rings. The Kier molecular flexibility index (Phi) is 5.85. The van der Waals surface area contributed by atoms with E-state index in [9.17, 15) is 0 Å². The lowest BCUT2D eigenvalue weighted by molar-refractivity contribution is 0.677. The third kappa shape index (κ3) is 3.55. The number of aromatic amines is 1. The molecule has 3 rings (SSSR count). The van der Waals surface area contributed by atoms with Crippen LogP contribution in [0.1, 0.15) is 41.8 Å². The molecule has 0 amide bonds. The van der Waals surface area contributed by atoms with Gasteiger partial charge in [-0.25, -0.2) is 5.43 Å². The summed E-state index contributed by atoms with van der Waals surface area (Å²) in [6.45, 7) is 2.06. The molecular formula is C16H20Cl2N6. The van der Waals surface area contributed by atoms with Crippen LogP contribution >= 0.6 is 24.0 Å². The molecule has 8 heteroatoms. The summed E-state index contributed by atoms with van der Waals surface area (Å²) in [6, 6.07) is 7.87. The molecule has 0 bridgehead atoms. The van der Waals surface area contributed by atoms with E-state index in [0.29, 0.717) is 0 Å². The quantitative estimate of drug-likeness (QED) is 0.381. The molecule has 128 valence electrons. The lowest BCUT2D eigenvalue weighted by atomic mass is 9.81. The number of fused-ring (bicyclic) bond motifs is 1. The summed E-state index contributed by atoms with van der Waals surface area (Å²) < 4.78 is 0. The maximum atomic E-state index is 7.32. The monoisotopic (exact) mass is 366 g/mol. The van der Waals surface area contributed by atoms with Gasteiger partial charge in [0.15, 0.2) is 0 Å². The van der Waals surface area contributed by atoms with E-state index in [1.807, 2.05) is 24.3 Å². The minimum absolute atomic E-state index is 0. The Labute approximate surface area is 151 Å². The first-order valence-corrected chi connectivity index (χ1v) is 7.95. The maximum Gasteiger partial charge on any atom is 0.206 e. The van der Waals surface area contributed by atoms with Gasteiger partial charge < -0.3 is 5.73 Å². The number of nitrogens with one attached hydrogen (secondary N) is 3. The average molecular weight is 367 g/mol. The van der Waals surface area contributed by atoms with E-state index in [4.69, 9.17) is 22.7 Å². The number of nitrogens with two attached hydrogens (primary N) is 1. The van der Waals surface area contributed by atoms with Crippen molar-refractivity contribution in [3.8, 4) is 0 Å². The Morgan fingerprint density at radius 2 is 2.21 bits per heavy atom. The SMILES string of the molecule is CCc1n[nH]c2c1/C(=N\NC(=N)N)CC(c1ccccc1Cl)C2.Cl. The van der Waals surface area contributed by atoms with Gasteiger partial charge >= 0.3 is 0 Å². The van der Waals surface area contributed by atoms with E-state index in [2.05, 4.69) is 27.6 Å². The molecule has 0 radical (unpaired) electrons. The van der Waals surface area contributed by atoms with Gasteiger partial charge in [0, 0.05) is 16.3 Å². The highest BCUT2D eigenvalue weighted by Crippen LogP contribution is 2.36. The molecular weight excluding hydrogens is 347 g/mol. The highest BCUT2D eigenvalue weighted by atomic mass is 35.5. The first-order valence-electron chi connectivity index (χ1n) is 7.57. The van der Waals surface area contributed by atoms with Crippen LogP contribution in [0.4, 0.5) is 0 Å². The third-order valence-corrected chi connectivity index (χ3v) is 4.43. The number of hydrogen-bond donors (Lipinski definition) is 4. The van der Waals surface area contributed by atoms with Gasteiger partial charge in [-0.2, -0.15) is 10.2 Å².